The van der Waals surface area contributed by atoms with Crippen LogP contribution in [0.4, 0.5) is 11.5 Å². The van der Waals surface area contributed by atoms with Gasteiger partial charge in [-0.15, -0.1) is 0 Å². The third-order valence-corrected chi connectivity index (χ3v) is 2.75. The van der Waals surface area contributed by atoms with E-state index < -0.39 is 0 Å². The Bertz CT molecular complexity index is 440. The fourth-order valence-electron chi connectivity index (χ4n) is 1.84. The summed E-state index contributed by atoms with van der Waals surface area (Å²) in [5.74, 6) is 0.496. The van der Waals surface area contributed by atoms with Gasteiger partial charge in [-0.1, -0.05) is 27.7 Å². The number of nitrogens with zero attached hydrogens (tertiary/aromatic N) is 3. The molecule has 108 valence electrons. The Morgan fingerprint density at radius 1 is 1.32 bits per heavy atom. The highest BCUT2D eigenvalue weighted by atomic mass is 16.6. The molecule has 0 bridgehead atoms. The number of rotatable bonds is 7. The molecule has 7 nitrogen and oxygen atoms in total. The van der Waals surface area contributed by atoms with Crippen LogP contribution in [0, 0.1) is 10.1 Å². The second kappa shape index (κ2) is 6.51. The van der Waals surface area contributed by atoms with Crippen molar-refractivity contribution in [3.05, 3.63) is 15.8 Å². The van der Waals surface area contributed by atoms with Crippen LogP contribution in [0.2, 0.25) is 0 Å². The van der Waals surface area contributed by atoms with Crippen molar-refractivity contribution < 1.29 is 4.92 Å². The van der Waals surface area contributed by atoms with Gasteiger partial charge in [0, 0.05) is 32.1 Å². The van der Waals surface area contributed by atoms with Crippen molar-refractivity contribution in [2.45, 2.75) is 39.7 Å². The van der Waals surface area contributed by atoms with E-state index in [1.165, 1.54) is 0 Å². The molecule has 1 aromatic rings. The summed E-state index contributed by atoms with van der Waals surface area (Å²) in [4.78, 5) is 10.8. The number of anilines is 1. The molecule has 0 amide bonds. The molecule has 0 spiro atoms. The Morgan fingerprint density at radius 3 is 2.42 bits per heavy atom. The molecule has 1 aromatic heterocycles. The molecule has 1 heterocycles. The lowest BCUT2D eigenvalue weighted by Crippen LogP contribution is -2.28. The first-order valence-corrected chi connectivity index (χ1v) is 6.53. The van der Waals surface area contributed by atoms with Gasteiger partial charge in [-0.25, -0.2) is 4.68 Å². The maximum Gasteiger partial charge on any atom is 0.334 e. The number of nitro groups is 1. The SMILES string of the molecule is CC(C)NCCNc1c([N+](=O)[O-])c(C(C)C)nn1C. The Hall–Kier alpha value is -1.63. The second-order valence-electron chi connectivity index (χ2n) is 5.15. The Kier molecular flexibility index (Phi) is 5.29. The van der Waals surface area contributed by atoms with Crippen LogP contribution in [-0.4, -0.2) is 33.8 Å². The van der Waals surface area contributed by atoms with Gasteiger partial charge in [0.15, 0.2) is 0 Å². The standard InChI is InChI=1S/C12H23N5O2/c1-8(2)10-11(17(18)19)12(16(5)15-10)14-7-6-13-9(3)4/h8-9,13-14H,6-7H2,1-5H3. The zero-order valence-electron chi connectivity index (χ0n) is 12.2. The molecule has 0 aliphatic heterocycles. The van der Waals surface area contributed by atoms with Gasteiger partial charge < -0.3 is 10.6 Å². The average Bonchev–Trinajstić information content (AvgIpc) is 2.62. The fourth-order valence-corrected chi connectivity index (χ4v) is 1.84. The van der Waals surface area contributed by atoms with Crippen LogP contribution >= 0.6 is 0 Å². The maximum atomic E-state index is 11.2. The lowest BCUT2D eigenvalue weighted by Gasteiger charge is -2.09. The van der Waals surface area contributed by atoms with Crippen molar-refractivity contribution in [3.8, 4) is 0 Å². The van der Waals surface area contributed by atoms with E-state index in [9.17, 15) is 10.1 Å². The van der Waals surface area contributed by atoms with Gasteiger partial charge in [-0.05, 0) is 0 Å². The summed E-state index contributed by atoms with van der Waals surface area (Å²) >= 11 is 0. The minimum Gasteiger partial charge on any atom is -0.363 e. The zero-order valence-corrected chi connectivity index (χ0v) is 12.2. The van der Waals surface area contributed by atoms with Crippen LogP contribution in [0.3, 0.4) is 0 Å². The van der Waals surface area contributed by atoms with Crippen molar-refractivity contribution in [2.75, 3.05) is 18.4 Å². The largest absolute Gasteiger partial charge is 0.363 e. The summed E-state index contributed by atoms with van der Waals surface area (Å²) in [6, 6.07) is 0.398. The van der Waals surface area contributed by atoms with Crippen molar-refractivity contribution in [2.24, 2.45) is 7.05 Å². The monoisotopic (exact) mass is 269 g/mol. The number of hydrogen-bond donors (Lipinski definition) is 2. The van der Waals surface area contributed by atoms with E-state index in [0.29, 0.717) is 24.1 Å². The number of hydrogen-bond acceptors (Lipinski definition) is 5. The molecule has 19 heavy (non-hydrogen) atoms. The number of nitrogens with one attached hydrogen (secondary N) is 2. The van der Waals surface area contributed by atoms with Crippen molar-refractivity contribution in [3.63, 3.8) is 0 Å². The highest BCUT2D eigenvalue weighted by Crippen LogP contribution is 2.32. The van der Waals surface area contributed by atoms with E-state index in [4.69, 9.17) is 0 Å². The van der Waals surface area contributed by atoms with E-state index in [2.05, 4.69) is 29.6 Å². The van der Waals surface area contributed by atoms with E-state index in [0.717, 1.165) is 6.54 Å². The minimum atomic E-state index is -0.361. The third-order valence-electron chi connectivity index (χ3n) is 2.75. The summed E-state index contributed by atoms with van der Waals surface area (Å²) in [6.07, 6.45) is 0. The van der Waals surface area contributed by atoms with E-state index in [1.54, 1.807) is 11.7 Å². The van der Waals surface area contributed by atoms with Gasteiger partial charge in [-0.3, -0.25) is 10.1 Å². The smallest absolute Gasteiger partial charge is 0.334 e. The molecule has 0 aliphatic rings. The molecule has 0 saturated carbocycles. The topological polar surface area (TPSA) is 85.0 Å². The summed E-state index contributed by atoms with van der Waals surface area (Å²) in [7, 11) is 1.72. The lowest BCUT2D eigenvalue weighted by molar-refractivity contribution is -0.384. The summed E-state index contributed by atoms with van der Waals surface area (Å²) in [5, 5.41) is 21.8. The second-order valence-corrected chi connectivity index (χ2v) is 5.15. The minimum absolute atomic E-state index is 0.0240. The zero-order chi connectivity index (χ0) is 14.6. The molecule has 0 aliphatic carbocycles. The first-order valence-electron chi connectivity index (χ1n) is 6.53. The van der Waals surface area contributed by atoms with Crippen molar-refractivity contribution in [1.82, 2.24) is 15.1 Å². The highest BCUT2D eigenvalue weighted by Gasteiger charge is 2.28. The van der Waals surface area contributed by atoms with Crippen LogP contribution in [0.1, 0.15) is 39.3 Å². The van der Waals surface area contributed by atoms with Gasteiger partial charge in [0.1, 0.15) is 5.69 Å². The van der Waals surface area contributed by atoms with Crippen molar-refractivity contribution in [1.29, 1.82) is 0 Å². The van der Waals surface area contributed by atoms with Crippen LogP contribution in [0.25, 0.3) is 0 Å². The summed E-state index contributed by atoms with van der Waals surface area (Å²) in [6.45, 7) is 9.29. The normalized spacial score (nSPS) is 11.3. The first-order chi connectivity index (χ1) is 8.84. The Balaban J connectivity index is 2.84. The predicted octanol–water partition coefficient (Wildman–Crippen LogP) is 1.86. The first kappa shape index (κ1) is 15.4. The van der Waals surface area contributed by atoms with Crippen LogP contribution in [0.15, 0.2) is 0 Å². The third kappa shape index (κ3) is 3.92. The molecular formula is C12H23N5O2. The van der Waals surface area contributed by atoms with E-state index >= 15 is 0 Å². The number of aryl methyl sites for hydroxylation is 1. The fraction of sp³-hybridized carbons (Fsp3) is 0.750. The van der Waals surface area contributed by atoms with Crippen LogP contribution in [0.5, 0.6) is 0 Å². The van der Waals surface area contributed by atoms with Gasteiger partial charge in [-0.2, -0.15) is 5.10 Å². The Morgan fingerprint density at radius 2 is 1.95 bits per heavy atom. The highest BCUT2D eigenvalue weighted by molar-refractivity contribution is 5.60. The summed E-state index contributed by atoms with van der Waals surface area (Å²) < 4.78 is 1.54. The van der Waals surface area contributed by atoms with E-state index in [-0.39, 0.29) is 16.5 Å². The van der Waals surface area contributed by atoms with Gasteiger partial charge in [0.25, 0.3) is 0 Å². The molecule has 0 aromatic carbocycles. The van der Waals surface area contributed by atoms with Gasteiger partial charge >= 0.3 is 5.69 Å². The van der Waals surface area contributed by atoms with Crippen LogP contribution in [-0.2, 0) is 7.05 Å². The Labute approximate surface area is 113 Å². The van der Waals surface area contributed by atoms with Crippen molar-refractivity contribution >= 4 is 11.5 Å². The average molecular weight is 269 g/mol. The molecule has 2 N–H and O–H groups in total. The number of aromatic nitrogens is 2. The molecule has 1 rings (SSSR count). The maximum absolute atomic E-state index is 11.2. The van der Waals surface area contributed by atoms with Crippen LogP contribution < -0.4 is 10.6 Å². The van der Waals surface area contributed by atoms with E-state index in [1.807, 2.05) is 13.8 Å². The van der Waals surface area contributed by atoms with Gasteiger partial charge in [0.2, 0.25) is 5.82 Å². The molecular weight excluding hydrogens is 246 g/mol. The predicted molar refractivity (Wildman–Crippen MR) is 75.6 cm³/mol. The summed E-state index contributed by atoms with van der Waals surface area (Å²) in [5.41, 5.74) is 0.605. The molecule has 0 saturated heterocycles. The molecule has 0 fully saturated rings. The quantitative estimate of drug-likeness (QED) is 0.448. The molecule has 0 radical (unpaired) electrons. The lowest BCUT2D eigenvalue weighted by atomic mass is 10.1. The van der Waals surface area contributed by atoms with Gasteiger partial charge in [0.05, 0.1) is 4.92 Å². The molecule has 0 unspecified atom stereocenters. The molecule has 0 atom stereocenters. The molecule has 7 heteroatoms.